The van der Waals surface area contributed by atoms with Crippen molar-refractivity contribution >= 4 is 39.1 Å². The second-order valence-electron chi connectivity index (χ2n) is 8.74. The van der Waals surface area contributed by atoms with E-state index >= 15 is 0 Å². The van der Waals surface area contributed by atoms with Gasteiger partial charge in [-0.15, -0.1) is 0 Å². The molecule has 0 bridgehead atoms. The summed E-state index contributed by atoms with van der Waals surface area (Å²) in [5.74, 6) is -0.441. The number of nitrogens with one attached hydrogen (secondary N) is 1. The number of fused-ring (bicyclic) bond motifs is 1. The number of carbonyl (C=O) groups excluding carboxylic acids is 1. The number of nitrogens with zero attached hydrogens (tertiary/aromatic N) is 1. The monoisotopic (exact) mass is 494 g/mol. The van der Waals surface area contributed by atoms with Crippen LogP contribution >= 0.6 is 23.2 Å². The van der Waals surface area contributed by atoms with E-state index in [9.17, 15) is 13.2 Å². The van der Waals surface area contributed by atoms with Gasteiger partial charge in [-0.1, -0.05) is 47.5 Å². The molecule has 1 aliphatic carbocycles. The van der Waals surface area contributed by atoms with Crippen LogP contribution < -0.4 is 5.32 Å². The molecule has 172 valence electrons. The maximum Gasteiger partial charge on any atom is 0.223 e. The van der Waals surface area contributed by atoms with Crippen LogP contribution in [0.1, 0.15) is 54.5 Å². The van der Waals surface area contributed by atoms with E-state index in [-0.39, 0.29) is 23.6 Å². The van der Waals surface area contributed by atoms with E-state index in [0.29, 0.717) is 41.5 Å². The van der Waals surface area contributed by atoms with Crippen LogP contribution in [0.5, 0.6) is 0 Å². The third kappa shape index (κ3) is 5.14. The van der Waals surface area contributed by atoms with Gasteiger partial charge in [-0.2, -0.15) is 0 Å². The van der Waals surface area contributed by atoms with Gasteiger partial charge in [-0.3, -0.25) is 4.79 Å². The Labute approximate surface area is 200 Å². The number of aryl methyl sites for hydroxylation is 2. The van der Waals surface area contributed by atoms with E-state index in [4.69, 9.17) is 23.2 Å². The molecule has 1 aliphatic heterocycles. The molecule has 1 heterocycles. The highest BCUT2D eigenvalue weighted by Crippen LogP contribution is 2.30. The number of piperidine rings is 1. The largest absolute Gasteiger partial charge is 0.349 e. The molecule has 5 nitrogen and oxygen atoms in total. The average Bonchev–Trinajstić information content (AvgIpc) is 3.24. The van der Waals surface area contributed by atoms with Crippen molar-refractivity contribution in [3.8, 4) is 0 Å². The highest BCUT2D eigenvalue weighted by molar-refractivity contribution is 7.88. The molecule has 0 radical (unpaired) electrons. The SMILES string of the molecule is C[C@H](NC(=O)C1CCN(S(=O)(=O)Cc2c(Cl)cccc2Cl)CC1)c1ccc2c(c1)CCC2. The Morgan fingerprint density at radius 3 is 2.44 bits per heavy atom. The molecule has 1 N–H and O–H groups in total. The maximum atomic E-state index is 12.9. The highest BCUT2D eigenvalue weighted by atomic mass is 35.5. The Morgan fingerprint density at radius 2 is 1.75 bits per heavy atom. The molecule has 1 fully saturated rings. The fourth-order valence-electron chi connectivity index (χ4n) is 4.62. The molecule has 0 aromatic heterocycles. The Kier molecular flexibility index (Phi) is 7.15. The molecule has 1 saturated heterocycles. The summed E-state index contributed by atoms with van der Waals surface area (Å²) in [6.07, 6.45) is 4.44. The van der Waals surface area contributed by atoms with Crippen molar-refractivity contribution in [2.75, 3.05) is 13.1 Å². The minimum absolute atomic E-state index is 0.0100. The number of halogens is 2. The average molecular weight is 495 g/mol. The molecule has 0 saturated carbocycles. The minimum Gasteiger partial charge on any atom is -0.349 e. The van der Waals surface area contributed by atoms with Crippen LogP contribution in [0.4, 0.5) is 0 Å². The minimum atomic E-state index is -3.57. The van der Waals surface area contributed by atoms with Gasteiger partial charge in [0.25, 0.3) is 0 Å². The summed E-state index contributed by atoms with van der Waals surface area (Å²) in [7, 11) is -3.57. The summed E-state index contributed by atoms with van der Waals surface area (Å²) in [6, 6.07) is 11.4. The Morgan fingerprint density at radius 1 is 1.09 bits per heavy atom. The fraction of sp³-hybridized carbons (Fsp3) is 0.458. The number of rotatable bonds is 6. The molecule has 2 aliphatic rings. The highest BCUT2D eigenvalue weighted by Gasteiger charge is 2.32. The van der Waals surface area contributed by atoms with Crippen molar-refractivity contribution in [1.29, 1.82) is 0 Å². The van der Waals surface area contributed by atoms with Gasteiger partial charge in [0.05, 0.1) is 11.8 Å². The molecular weight excluding hydrogens is 467 g/mol. The summed E-state index contributed by atoms with van der Waals surface area (Å²) in [4.78, 5) is 12.8. The van der Waals surface area contributed by atoms with Gasteiger partial charge < -0.3 is 5.32 Å². The van der Waals surface area contributed by atoms with Gasteiger partial charge in [0.1, 0.15) is 0 Å². The molecule has 2 aromatic carbocycles. The topological polar surface area (TPSA) is 66.5 Å². The van der Waals surface area contributed by atoms with Crippen LogP contribution in [-0.4, -0.2) is 31.7 Å². The number of sulfonamides is 1. The van der Waals surface area contributed by atoms with Gasteiger partial charge in [0.15, 0.2) is 0 Å². The normalized spacial score (nSPS) is 18.3. The summed E-state index contributed by atoms with van der Waals surface area (Å²) >= 11 is 12.3. The van der Waals surface area contributed by atoms with E-state index in [1.165, 1.54) is 21.9 Å². The zero-order chi connectivity index (χ0) is 22.9. The molecule has 1 amide bonds. The molecule has 1 atom stereocenters. The summed E-state index contributed by atoms with van der Waals surface area (Å²) in [5, 5.41) is 3.81. The zero-order valence-corrected chi connectivity index (χ0v) is 20.4. The lowest BCUT2D eigenvalue weighted by molar-refractivity contribution is -0.126. The first kappa shape index (κ1) is 23.6. The maximum absolute atomic E-state index is 12.9. The van der Waals surface area contributed by atoms with E-state index in [1.807, 2.05) is 6.92 Å². The molecule has 0 unspecified atom stereocenters. The molecule has 0 spiro atoms. The van der Waals surface area contributed by atoms with Crippen LogP contribution in [0.15, 0.2) is 36.4 Å². The van der Waals surface area contributed by atoms with Gasteiger partial charge in [0, 0.05) is 34.6 Å². The van der Waals surface area contributed by atoms with Crippen LogP contribution in [0.2, 0.25) is 10.0 Å². The van der Waals surface area contributed by atoms with E-state index in [0.717, 1.165) is 18.4 Å². The third-order valence-corrected chi connectivity index (χ3v) is 9.10. The molecule has 32 heavy (non-hydrogen) atoms. The molecule has 2 aromatic rings. The van der Waals surface area contributed by atoms with Crippen molar-refractivity contribution in [2.24, 2.45) is 5.92 Å². The standard InChI is InChI=1S/C24H28Cl2N2O3S/c1-16(19-9-8-17-4-2-5-20(17)14-19)27-24(29)18-10-12-28(13-11-18)32(30,31)15-21-22(25)6-3-7-23(21)26/h3,6-9,14,16,18H,2,4-5,10-13,15H2,1H3,(H,27,29)/t16-/m0/s1. The number of carbonyl (C=O) groups is 1. The van der Waals surface area contributed by atoms with Crippen molar-refractivity contribution < 1.29 is 13.2 Å². The number of hydrogen-bond acceptors (Lipinski definition) is 3. The number of benzene rings is 2. The first-order chi connectivity index (χ1) is 15.2. The van der Waals surface area contributed by atoms with E-state index in [2.05, 4.69) is 23.5 Å². The van der Waals surface area contributed by atoms with E-state index < -0.39 is 10.0 Å². The Balaban J connectivity index is 1.33. The lowest BCUT2D eigenvalue weighted by atomic mass is 9.96. The lowest BCUT2D eigenvalue weighted by Gasteiger charge is -2.31. The quantitative estimate of drug-likeness (QED) is 0.620. The van der Waals surface area contributed by atoms with Crippen LogP contribution in [0, 0.1) is 5.92 Å². The predicted molar refractivity (Wildman–Crippen MR) is 128 cm³/mol. The van der Waals surface area contributed by atoms with Crippen LogP contribution in [0.25, 0.3) is 0 Å². The van der Waals surface area contributed by atoms with Crippen molar-refractivity contribution in [3.63, 3.8) is 0 Å². The van der Waals surface area contributed by atoms with E-state index in [1.54, 1.807) is 18.2 Å². The molecule has 4 rings (SSSR count). The molecule has 8 heteroatoms. The Hall–Kier alpha value is -1.60. The van der Waals surface area contributed by atoms with Crippen LogP contribution in [-0.2, 0) is 33.4 Å². The van der Waals surface area contributed by atoms with Gasteiger partial charge in [-0.25, -0.2) is 12.7 Å². The smallest absolute Gasteiger partial charge is 0.223 e. The van der Waals surface area contributed by atoms with Crippen LogP contribution in [0.3, 0.4) is 0 Å². The summed E-state index contributed by atoms with van der Waals surface area (Å²) in [6.45, 7) is 2.63. The third-order valence-electron chi connectivity index (χ3n) is 6.59. The first-order valence-corrected chi connectivity index (χ1v) is 13.4. The molecular formula is C24H28Cl2N2O3S. The van der Waals surface area contributed by atoms with Gasteiger partial charge >= 0.3 is 0 Å². The van der Waals surface area contributed by atoms with Gasteiger partial charge in [0.2, 0.25) is 15.9 Å². The number of hydrogen-bond donors (Lipinski definition) is 1. The summed E-state index contributed by atoms with van der Waals surface area (Å²) in [5.41, 5.74) is 4.34. The second-order valence-corrected chi connectivity index (χ2v) is 11.5. The van der Waals surface area contributed by atoms with Crippen molar-refractivity contribution in [1.82, 2.24) is 9.62 Å². The van der Waals surface area contributed by atoms with Crippen molar-refractivity contribution in [2.45, 2.75) is 50.8 Å². The predicted octanol–water partition coefficient (Wildman–Crippen LogP) is 4.90. The Bertz CT molecular complexity index is 1090. The van der Waals surface area contributed by atoms with Crippen molar-refractivity contribution in [3.05, 3.63) is 68.7 Å². The number of amides is 1. The first-order valence-electron chi connectivity index (χ1n) is 11.1. The summed E-state index contributed by atoms with van der Waals surface area (Å²) < 4.78 is 27.2. The lowest BCUT2D eigenvalue weighted by Crippen LogP contribution is -2.43. The van der Waals surface area contributed by atoms with Gasteiger partial charge in [-0.05, 0) is 67.9 Å². The fourth-order valence-corrected chi connectivity index (χ4v) is 6.93. The second kappa shape index (κ2) is 9.72. The zero-order valence-electron chi connectivity index (χ0n) is 18.1.